The number of aromatic nitrogens is 1. The van der Waals surface area contributed by atoms with Gasteiger partial charge in [-0.15, -0.1) is 11.3 Å². The Morgan fingerprint density at radius 1 is 1.29 bits per heavy atom. The summed E-state index contributed by atoms with van der Waals surface area (Å²) in [6.45, 7) is 4.83. The van der Waals surface area contributed by atoms with Crippen LogP contribution in [0.4, 0.5) is 13.2 Å². The summed E-state index contributed by atoms with van der Waals surface area (Å²) in [5, 5.41) is 5.34. The van der Waals surface area contributed by atoms with Gasteiger partial charge in [0.25, 0.3) is 0 Å². The molecule has 0 fully saturated rings. The molecular weight excluding hydrogens is 297 g/mol. The molecule has 0 saturated carbocycles. The van der Waals surface area contributed by atoms with Crippen molar-refractivity contribution in [2.45, 2.75) is 32.5 Å². The number of thiophene rings is 1. The Bertz CT molecular complexity index is 575. The highest BCUT2D eigenvalue weighted by Gasteiger charge is 2.31. The van der Waals surface area contributed by atoms with Gasteiger partial charge in [0.15, 0.2) is 0 Å². The Hall–Kier alpha value is -1.40. The SMILES string of the molecule is CCCNC(c1ccc(C(F)(F)F)cn1)c1sccc1C. The minimum atomic E-state index is -4.35. The lowest BCUT2D eigenvalue weighted by Crippen LogP contribution is -2.24. The van der Waals surface area contributed by atoms with Gasteiger partial charge in [-0.25, -0.2) is 0 Å². The van der Waals surface area contributed by atoms with Crippen molar-refractivity contribution in [3.63, 3.8) is 0 Å². The zero-order valence-corrected chi connectivity index (χ0v) is 12.7. The van der Waals surface area contributed by atoms with Gasteiger partial charge in [-0.1, -0.05) is 6.92 Å². The molecule has 2 rings (SSSR count). The van der Waals surface area contributed by atoms with Gasteiger partial charge in [-0.3, -0.25) is 4.98 Å². The predicted molar refractivity (Wildman–Crippen MR) is 78.4 cm³/mol. The zero-order valence-electron chi connectivity index (χ0n) is 11.9. The van der Waals surface area contributed by atoms with Crippen LogP contribution >= 0.6 is 11.3 Å². The first-order chi connectivity index (χ1) is 9.93. The number of rotatable bonds is 5. The summed E-state index contributed by atoms with van der Waals surface area (Å²) in [6, 6.07) is 4.39. The summed E-state index contributed by atoms with van der Waals surface area (Å²) < 4.78 is 37.8. The van der Waals surface area contributed by atoms with Crippen LogP contribution in [0.25, 0.3) is 0 Å². The van der Waals surface area contributed by atoms with Crippen molar-refractivity contribution in [2.75, 3.05) is 6.54 Å². The fraction of sp³-hybridized carbons (Fsp3) is 0.400. The normalized spacial score (nSPS) is 13.4. The first-order valence-corrected chi connectivity index (χ1v) is 7.62. The van der Waals surface area contributed by atoms with E-state index in [2.05, 4.69) is 10.3 Å². The largest absolute Gasteiger partial charge is 0.417 e. The molecule has 0 aliphatic rings. The van der Waals surface area contributed by atoms with Gasteiger partial charge in [-0.2, -0.15) is 13.2 Å². The fourth-order valence-electron chi connectivity index (χ4n) is 2.04. The van der Waals surface area contributed by atoms with Crippen LogP contribution in [0, 0.1) is 6.92 Å². The van der Waals surface area contributed by atoms with Gasteiger partial charge < -0.3 is 5.32 Å². The summed E-state index contributed by atoms with van der Waals surface area (Å²) in [5.74, 6) is 0. The second-order valence-corrected chi connectivity index (χ2v) is 5.77. The Kier molecular flexibility index (Phi) is 5.00. The van der Waals surface area contributed by atoms with E-state index in [9.17, 15) is 13.2 Å². The van der Waals surface area contributed by atoms with Crippen molar-refractivity contribution in [1.29, 1.82) is 0 Å². The van der Waals surface area contributed by atoms with E-state index in [0.717, 1.165) is 35.7 Å². The van der Waals surface area contributed by atoms with E-state index in [1.165, 1.54) is 6.07 Å². The summed E-state index contributed by atoms with van der Waals surface area (Å²) in [7, 11) is 0. The van der Waals surface area contributed by atoms with Crippen molar-refractivity contribution >= 4 is 11.3 Å². The molecule has 0 spiro atoms. The Balaban J connectivity index is 2.31. The Morgan fingerprint density at radius 2 is 2.05 bits per heavy atom. The van der Waals surface area contributed by atoms with Gasteiger partial charge >= 0.3 is 6.18 Å². The van der Waals surface area contributed by atoms with Crippen LogP contribution in [-0.2, 0) is 6.18 Å². The highest BCUT2D eigenvalue weighted by atomic mass is 32.1. The molecule has 2 aromatic rings. The molecule has 1 unspecified atom stereocenters. The number of pyridine rings is 1. The van der Waals surface area contributed by atoms with Gasteiger partial charge in [0.1, 0.15) is 0 Å². The van der Waals surface area contributed by atoms with Crippen LogP contribution in [0.3, 0.4) is 0 Å². The van der Waals surface area contributed by atoms with E-state index < -0.39 is 11.7 Å². The second kappa shape index (κ2) is 6.58. The lowest BCUT2D eigenvalue weighted by atomic mass is 10.1. The number of nitrogens with zero attached hydrogens (tertiary/aromatic N) is 1. The lowest BCUT2D eigenvalue weighted by Gasteiger charge is -2.18. The zero-order chi connectivity index (χ0) is 15.5. The molecular formula is C15H17F3N2S. The Labute approximate surface area is 126 Å². The minimum absolute atomic E-state index is 0.160. The third kappa shape index (κ3) is 3.83. The summed E-state index contributed by atoms with van der Waals surface area (Å²) in [6.07, 6.45) is -2.50. The van der Waals surface area contributed by atoms with Crippen LogP contribution in [0.15, 0.2) is 29.8 Å². The molecule has 1 atom stereocenters. The molecule has 6 heteroatoms. The summed E-state index contributed by atoms with van der Waals surface area (Å²) in [5.41, 5.74) is 1.01. The maximum atomic E-state index is 12.6. The molecule has 0 aliphatic carbocycles. The average Bonchev–Trinajstić information content (AvgIpc) is 2.85. The van der Waals surface area contributed by atoms with E-state index >= 15 is 0 Å². The lowest BCUT2D eigenvalue weighted by molar-refractivity contribution is -0.137. The van der Waals surface area contributed by atoms with Gasteiger partial charge in [-0.05, 0) is 49.0 Å². The highest BCUT2D eigenvalue weighted by Crippen LogP contribution is 2.31. The number of alkyl halides is 3. The number of hydrogen-bond acceptors (Lipinski definition) is 3. The van der Waals surface area contributed by atoms with E-state index in [1.54, 1.807) is 11.3 Å². The van der Waals surface area contributed by atoms with E-state index in [4.69, 9.17) is 0 Å². The second-order valence-electron chi connectivity index (χ2n) is 4.82. The molecule has 2 heterocycles. The molecule has 114 valence electrons. The number of nitrogens with one attached hydrogen (secondary N) is 1. The van der Waals surface area contributed by atoms with E-state index in [0.29, 0.717) is 5.69 Å². The quantitative estimate of drug-likeness (QED) is 0.875. The minimum Gasteiger partial charge on any atom is -0.304 e. The van der Waals surface area contributed by atoms with Crippen LogP contribution in [0.2, 0.25) is 0 Å². The van der Waals surface area contributed by atoms with Crippen molar-refractivity contribution in [3.8, 4) is 0 Å². The van der Waals surface area contributed by atoms with Crippen molar-refractivity contribution in [1.82, 2.24) is 10.3 Å². The molecule has 0 aliphatic heterocycles. The molecule has 0 bridgehead atoms. The molecule has 1 N–H and O–H groups in total. The Morgan fingerprint density at radius 3 is 2.52 bits per heavy atom. The molecule has 21 heavy (non-hydrogen) atoms. The van der Waals surface area contributed by atoms with Gasteiger partial charge in [0.05, 0.1) is 17.3 Å². The van der Waals surface area contributed by atoms with E-state index in [1.807, 2.05) is 25.3 Å². The average molecular weight is 314 g/mol. The highest BCUT2D eigenvalue weighted by molar-refractivity contribution is 7.10. The summed E-state index contributed by atoms with van der Waals surface area (Å²) in [4.78, 5) is 5.11. The number of hydrogen-bond donors (Lipinski definition) is 1. The fourth-order valence-corrected chi connectivity index (χ4v) is 3.06. The molecule has 0 amide bonds. The molecule has 0 radical (unpaired) electrons. The predicted octanol–water partition coefficient (Wildman–Crippen LogP) is 4.56. The first kappa shape index (κ1) is 16.0. The van der Waals surface area contributed by atoms with E-state index in [-0.39, 0.29) is 6.04 Å². The van der Waals surface area contributed by atoms with Gasteiger partial charge in [0, 0.05) is 11.1 Å². The number of aryl methyl sites for hydroxylation is 1. The maximum absolute atomic E-state index is 12.6. The molecule has 0 saturated heterocycles. The summed E-state index contributed by atoms with van der Waals surface area (Å²) >= 11 is 1.59. The van der Waals surface area contributed by atoms with Crippen molar-refractivity contribution in [2.24, 2.45) is 0 Å². The maximum Gasteiger partial charge on any atom is 0.417 e. The van der Waals surface area contributed by atoms with Crippen LogP contribution in [0.1, 0.15) is 41.1 Å². The van der Waals surface area contributed by atoms with Crippen LogP contribution in [0.5, 0.6) is 0 Å². The molecule has 2 aromatic heterocycles. The van der Waals surface area contributed by atoms with Crippen LogP contribution < -0.4 is 5.32 Å². The smallest absolute Gasteiger partial charge is 0.304 e. The van der Waals surface area contributed by atoms with Crippen molar-refractivity contribution < 1.29 is 13.2 Å². The monoisotopic (exact) mass is 314 g/mol. The molecule has 0 aromatic carbocycles. The van der Waals surface area contributed by atoms with Crippen molar-refractivity contribution in [3.05, 3.63) is 51.5 Å². The third-order valence-electron chi connectivity index (χ3n) is 3.17. The molecule has 2 nitrogen and oxygen atoms in total. The first-order valence-electron chi connectivity index (χ1n) is 6.74. The standard InChI is InChI=1S/C15H17F3N2S/c1-3-7-19-13(14-10(2)6-8-21-14)12-5-4-11(9-20-12)15(16,17)18/h4-6,8-9,13,19H,3,7H2,1-2H3. The third-order valence-corrected chi connectivity index (χ3v) is 4.26. The topological polar surface area (TPSA) is 24.9 Å². The van der Waals surface area contributed by atoms with Gasteiger partial charge in [0.2, 0.25) is 0 Å². The van der Waals surface area contributed by atoms with Crippen LogP contribution in [-0.4, -0.2) is 11.5 Å². The number of halogens is 3.